The molecule has 1 fully saturated rings. The van der Waals surface area contributed by atoms with Gasteiger partial charge in [-0.1, -0.05) is 27.2 Å². The Morgan fingerprint density at radius 3 is 2.50 bits per heavy atom. The van der Waals surface area contributed by atoms with Gasteiger partial charge in [-0.05, 0) is 19.9 Å². The molecule has 0 spiro atoms. The largest absolute Gasteiger partial charge is 0.345 e. The molecule has 1 aromatic rings. The second-order valence-corrected chi connectivity index (χ2v) is 6.06. The lowest BCUT2D eigenvalue weighted by Gasteiger charge is -2.40. The van der Waals surface area contributed by atoms with Crippen LogP contribution in [0.3, 0.4) is 0 Å². The number of aromatic amines is 1. The van der Waals surface area contributed by atoms with Crippen molar-refractivity contribution < 1.29 is 0 Å². The van der Waals surface area contributed by atoms with Crippen molar-refractivity contribution >= 4 is 0 Å². The highest BCUT2D eigenvalue weighted by Gasteiger charge is 2.40. The molecule has 0 amide bonds. The van der Waals surface area contributed by atoms with Crippen molar-refractivity contribution in [3.63, 3.8) is 0 Å². The van der Waals surface area contributed by atoms with Crippen LogP contribution in [0.1, 0.15) is 51.6 Å². The summed E-state index contributed by atoms with van der Waals surface area (Å²) in [4.78, 5) is 8.13. The molecule has 3 nitrogen and oxygen atoms in total. The third-order valence-electron chi connectivity index (χ3n) is 3.71. The summed E-state index contributed by atoms with van der Waals surface area (Å²) >= 11 is 0. The van der Waals surface area contributed by atoms with Crippen molar-refractivity contribution in [2.75, 3.05) is 13.6 Å². The van der Waals surface area contributed by atoms with Crippen LogP contribution in [0.25, 0.3) is 0 Å². The van der Waals surface area contributed by atoms with Gasteiger partial charge < -0.3 is 10.3 Å². The van der Waals surface area contributed by atoms with E-state index in [-0.39, 0.29) is 10.8 Å². The Labute approximate surface area is 98.1 Å². The third kappa shape index (κ3) is 1.88. The Bertz CT molecular complexity index is 355. The fraction of sp³-hybridized carbons (Fsp3) is 0.769. The molecule has 0 bridgehead atoms. The van der Waals surface area contributed by atoms with Gasteiger partial charge in [0.25, 0.3) is 0 Å². The summed E-state index contributed by atoms with van der Waals surface area (Å²) in [5, 5.41) is 3.30. The van der Waals surface area contributed by atoms with Gasteiger partial charge in [0.05, 0.1) is 0 Å². The molecule has 1 aromatic heterocycles. The van der Waals surface area contributed by atoms with E-state index in [1.54, 1.807) is 0 Å². The SMILES string of the molecule is CNCC1(c2ncc(C(C)(C)C)[nH]2)CCC1. The minimum atomic E-state index is 0.163. The topological polar surface area (TPSA) is 40.7 Å². The van der Waals surface area contributed by atoms with Crippen molar-refractivity contribution in [2.45, 2.75) is 50.9 Å². The van der Waals surface area contributed by atoms with Gasteiger partial charge >= 0.3 is 0 Å². The van der Waals surface area contributed by atoms with E-state index in [9.17, 15) is 0 Å². The lowest BCUT2D eigenvalue weighted by molar-refractivity contribution is 0.226. The first-order valence-electron chi connectivity index (χ1n) is 6.18. The van der Waals surface area contributed by atoms with E-state index in [1.165, 1.54) is 30.8 Å². The molecule has 0 radical (unpaired) electrons. The Hall–Kier alpha value is -0.830. The standard InChI is InChI=1S/C13H23N3/c1-12(2,3)10-8-15-11(16-10)13(9-14-4)6-5-7-13/h8,14H,5-7,9H2,1-4H3,(H,15,16). The van der Waals surface area contributed by atoms with Crippen molar-refractivity contribution in [3.05, 3.63) is 17.7 Å². The molecule has 0 atom stereocenters. The van der Waals surface area contributed by atoms with Gasteiger partial charge in [0.2, 0.25) is 0 Å². The molecule has 0 aromatic carbocycles. The molecule has 90 valence electrons. The molecule has 0 unspecified atom stereocenters. The first-order chi connectivity index (χ1) is 7.48. The predicted molar refractivity (Wildman–Crippen MR) is 66.7 cm³/mol. The molecule has 2 N–H and O–H groups in total. The van der Waals surface area contributed by atoms with Gasteiger partial charge in [-0.15, -0.1) is 0 Å². The van der Waals surface area contributed by atoms with Crippen LogP contribution in [0, 0.1) is 0 Å². The van der Waals surface area contributed by atoms with Crippen molar-refractivity contribution in [3.8, 4) is 0 Å². The lowest BCUT2D eigenvalue weighted by atomic mass is 9.68. The maximum atomic E-state index is 4.60. The molecule has 1 aliphatic rings. The summed E-state index contributed by atoms with van der Waals surface area (Å²) in [6.07, 6.45) is 5.84. The Kier molecular flexibility index (Phi) is 2.82. The van der Waals surface area contributed by atoms with E-state index in [4.69, 9.17) is 0 Å². The van der Waals surface area contributed by atoms with Crippen LogP contribution in [0.2, 0.25) is 0 Å². The van der Waals surface area contributed by atoms with E-state index in [0.29, 0.717) is 0 Å². The van der Waals surface area contributed by atoms with Gasteiger partial charge in [-0.3, -0.25) is 0 Å². The number of aromatic nitrogens is 2. The lowest BCUT2D eigenvalue weighted by Crippen LogP contribution is -2.43. The molecular formula is C13H23N3. The number of likely N-dealkylation sites (N-methyl/N-ethyl adjacent to an activating group) is 1. The quantitative estimate of drug-likeness (QED) is 0.822. The first kappa shape index (κ1) is 11.6. The Morgan fingerprint density at radius 1 is 1.44 bits per heavy atom. The van der Waals surface area contributed by atoms with Crippen LogP contribution >= 0.6 is 0 Å². The maximum Gasteiger partial charge on any atom is 0.113 e. The number of imidazole rings is 1. The van der Waals surface area contributed by atoms with Gasteiger partial charge in [0.1, 0.15) is 5.82 Å². The first-order valence-corrected chi connectivity index (χ1v) is 6.18. The van der Waals surface area contributed by atoms with Crippen LogP contribution in [-0.2, 0) is 10.8 Å². The van der Waals surface area contributed by atoms with Gasteiger partial charge in [-0.2, -0.15) is 0 Å². The second kappa shape index (κ2) is 3.88. The van der Waals surface area contributed by atoms with E-state index in [0.717, 1.165) is 6.54 Å². The molecular weight excluding hydrogens is 198 g/mol. The van der Waals surface area contributed by atoms with Crippen LogP contribution in [-0.4, -0.2) is 23.6 Å². The fourth-order valence-electron chi connectivity index (χ4n) is 2.41. The second-order valence-electron chi connectivity index (χ2n) is 6.06. The highest BCUT2D eigenvalue weighted by atomic mass is 15.0. The number of H-pyrrole nitrogens is 1. The van der Waals surface area contributed by atoms with E-state index >= 15 is 0 Å². The number of nitrogens with one attached hydrogen (secondary N) is 2. The molecule has 1 heterocycles. The van der Waals surface area contributed by atoms with Gasteiger partial charge in [0, 0.05) is 29.3 Å². The molecule has 0 aliphatic heterocycles. The van der Waals surface area contributed by atoms with E-state index < -0.39 is 0 Å². The molecule has 1 aliphatic carbocycles. The van der Waals surface area contributed by atoms with E-state index in [1.807, 2.05) is 13.2 Å². The van der Waals surface area contributed by atoms with Crippen LogP contribution in [0.4, 0.5) is 0 Å². The predicted octanol–water partition coefficient (Wildman–Crippen LogP) is 2.35. The Morgan fingerprint density at radius 2 is 2.12 bits per heavy atom. The average molecular weight is 221 g/mol. The van der Waals surface area contributed by atoms with Crippen molar-refractivity contribution in [1.29, 1.82) is 0 Å². The molecule has 0 saturated heterocycles. The summed E-state index contributed by atoms with van der Waals surface area (Å²) in [5.74, 6) is 1.18. The van der Waals surface area contributed by atoms with Crippen LogP contribution < -0.4 is 5.32 Å². The zero-order valence-electron chi connectivity index (χ0n) is 10.9. The maximum absolute atomic E-state index is 4.60. The minimum Gasteiger partial charge on any atom is -0.345 e. The van der Waals surface area contributed by atoms with Crippen LogP contribution in [0.15, 0.2) is 6.20 Å². The molecule has 3 heteroatoms. The average Bonchev–Trinajstić information content (AvgIpc) is 2.59. The number of nitrogens with zero attached hydrogens (tertiary/aromatic N) is 1. The highest BCUT2D eigenvalue weighted by Crippen LogP contribution is 2.42. The Balaban J connectivity index is 2.24. The number of hydrogen-bond acceptors (Lipinski definition) is 2. The smallest absolute Gasteiger partial charge is 0.113 e. The van der Waals surface area contributed by atoms with E-state index in [2.05, 4.69) is 36.1 Å². The summed E-state index contributed by atoms with van der Waals surface area (Å²) < 4.78 is 0. The molecule has 16 heavy (non-hydrogen) atoms. The zero-order valence-corrected chi connectivity index (χ0v) is 10.9. The molecule has 2 rings (SSSR count). The minimum absolute atomic E-state index is 0.163. The van der Waals surface area contributed by atoms with Crippen molar-refractivity contribution in [2.24, 2.45) is 0 Å². The fourth-order valence-corrected chi connectivity index (χ4v) is 2.41. The van der Waals surface area contributed by atoms with Gasteiger partial charge in [-0.25, -0.2) is 4.98 Å². The van der Waals surface area contributed by atoms with Crippen LogP contribution in [0.5, 0.6) is 0 Å². The normalized spacial score (nSPS) is 19.5. The highest BCUT2D eigenvalue weighted by molar-refractivity contribution is 5.20. The number of rotatable bonds is 3. The summed E-state index contributed by atoms with van der Waals surface area (Å²) in [6.45, 7) is 7.69. The number of hydrogen-bond donors (Lipinski definition) is 2. The summed E-state index contributed by atoms with van der Waals surface area (Å²) in [7, 11) is 2.02. The summed E-state index contributed by atoms with van der Waals surface area (Å²) in [5.41, 5.74) is 1.68. The third-order valence-corrected chi connectivity index (χ3v) is 3.71. The van der Waals surface area contributed by atoms with Gasteiger partial charge in [0.15, 0.2) is 0 Å². The van der Waals surface area contributed by atoms with Crippen molar-refractivity contribution in [1.82, 2.24) is 15.3 Å². The zero-order chi connectivity index (χ0) is 11.8. The summed E-state index contributed by atoms with van der Waals surface area (Å²) in [6, 6.07) is 0. The monoisotopic (exact) mass is 221 g/mol. The molecule has 1 saturated carbocycles.